The molecule has 1 aliphatic carbocycles. The Bertz CT molecular complexity index is 395. The molecule has 1 N–H and O–H groups in total. The molecule has 1 aromatic rings. The van der Waals surface area contributed by atoms with Gasteiger partial charge in [-0.15, -0.1) is 0 Å². The van der Waals surface area contributed by atoms with Gasteiger partial charge in [-0.05, 0) is 37.0 Å². The zero-order valence-corrected chi connectivity index (χ0v) is 8.86. The van der Waals surface area contributed by atoms with Gasteiger partial charge in [0, 0.05) is 0 Å². The van der Waals surface area contributed by atoms with Gasteiger partial charge < -0.3 is 5.32 Å². The average Bonchev–Trinajstić information content (AvgIpc) is 2.62. The fraction of sp³-hybridized carbons (Fsp3) is 0.308. The quantitative estimate of drug-likeness (QED) is 0.731. The Hall–Kier alpha value is -1.57. The molecule has 0 radical (unpaired) electrons. The second-order valence-electron chi connectivity index (χ2n) is 3.80. The molecular weight excluding hydrogens is 186 g/mol. The van der Waals surface area contributed by atoms with Crippen LogP contribution in [-0.4, -0.2) is 5.91 Å². The third kappa shape index (κ3) is 2.09. The van der Waals surface area contributed by atoms with E-state index < -0.39 is 0 Å². The van der Waals surface area contributed by atoms with Crippen LogP contribution in [0.15, 0.2) is 36.4 Å². The molecule has 78 valence electrons. The topological polar surface area (TPSA) is 29.1 Å². The summed E-state index contributed by atoms with van der Waals surface area (Å²) in [5.74, 6) is -0.000738. The molecule has 1 atom stereocenters. The highest BCUT2D eigenvalue weighted by molar-refractivity contribution is 5.87. The number of amides is 1. The van der Waals surface area contributed by atoms with E-state index in [1.165, 1.54) is 11.1 Å². The number of hydrogen-bond acceptors (Lipinski definition) is 1. The summed E-state index contributed by atoms with van der Waals surface area (Å²) in [7, 11) is 0. The summed E-state index contributed by atoms with van der Waals surface area (Å²) in [6.07, 6.45) is 5.41. The van der Waals surface area contributed by atoms with Gasteiger partial charge in [0.25, 0.3) is 0 Å². The molecule has 15 heavy (non-hydrogen) atoms. The molecule has 1 aliphatic rings. The van der Waals surface area contributed by atoms with Crippen LogP contribution >= 0.6 is 0 Å². The summed E-state index contributed by atoms with van der Waals surface area (Å²) in [6.45, 7) is 1.85. The number of allylic oxidation sites excluding steroid dienone is 1. The number of benzene rings is 1. The van der Waals surface area contributed by atoms with Gasteiger partial charge in [0.1, 0.15) is 0 Å². The first-order valence-corrected chi connectivity index (χ1v) is 5.32. The Kier molecular flexibility index (Phi) is 2.86. The molecule has 0 saturated carbocycles. The van der Waals surface area contributed by atoms with Crippen LogP contribution in [-0.2, 0) is 11.2 Å². The Balaban J connectivity index is 2.11. The van der Waals surface area contributed by atoms with E-state index in [1.807, 2.05) is 13.0 Å². The number of fused-ring (bicyclic) bond motifs is 1. The lowest BCUT2D eigenvalue weighted by molar-refractivity contribution is -0.117. The van der Waals surface area contributed by atoms with Gasteiger partial charge in [-0.25, -0.2) is 0 Å². The van der Waals surface area contributed by atoms with Crippen molar-refractivity contribution < 1.29 is 4.79 Å². The minimum absolute atomic E-state index is 0.000738. The van der Waals surface area contributed by atoms with E-state index in [9.17, 15) is 4.79 Å². The van der Waals surface area contributed by atoms with Crippen molar-refractivity contribution in [1.29, 1.82) is 0 Å². The Morgan fingerprint density at radius 1 is 1.47 bits per heavy atom. The van der Waals surface area contributed by atoms with Crippen molar-refractivity contribution in [3.05, 3.63) is 47.5 Å². The zero-order valence-electron chi connectivity index (χ0n) is 8.86. The number of rotatable bonds is 2. The molecule has 1 amide bonds. The lowest BCUT2D eigenvalue weighted by Gasteiger charge is -2.12. The predicted molar refractivity (Wildman–Crippen MR) is 60.5 cm³/mol. The highest BCUT2D eigenvalue weighted by Gasteiger charge is 2.22. The highest BCUT2D eigenvalue weighted by atomic mass is 16.1. The molecule has 0 spiro atoms. The second-order valence-corrected chi connectivity index (χ2v) is 3.80. The van der Waals surface area contributed by atoms with Crippen molar-refractivity contribution >= 4 is 5.91 Å². The summed E-state index contributed by atoms with van der Waals surface area (Å²) in [5.41, 5.74) is 2.64. The second kappa shape index (κ2) is 4.30. The first-order valence-electron chi connectivity index (χ1n) is 5.32. The molecule has 2 nitrogen and oxygen atoms in total. The van der Waals surface area contributed by atoms with Crippen LogP contribution in [0, 0.1) is 0 Å². The zero-order chi connectivity index (χ0) is 10.7. The average molecular weight is 201 g/mol. The van der Waals surface area contributed by atoms with Gasteiger partial charge in [-0.1, -0.05) is 30.3 Å². The van der Waals surface area contributed by atoms with Crippen LogP contribution < -0.4 is 5.32 Å². The van der Waals surface area contributed by atoms with E-state index in [-0.39, 0.29) is 11.9 Å². The van der Waals surface area contributed by atoms with E-state index in [0.717, 1.165) is 12.8 Å². The summed E-state index contributed by atoms with van der Waals surface area (Å²) >= 11 is 0. The molecule has 0 saturated heterocycles. The minimum atomic E-state index is -0.000738. The van der Waals surface area contributed by atoms with E-state index in [2.05, 4.69) is 23.5 Å². The summed E-state index contributed by atoms with van der Waals surface area (Å²) in [4.78, 5) is 11.4. The molecular formula is C13H15NO. The SMILES string of the molecule is C/C=C/C(=O)NC1CCc2ccccc21. The van der Waals surface area contributed by atoms with Crippen LogP contribution in [0.3, 0.4) is 0 Å². The number of hydrogen-bond donors (Lipinski definition) is 1. The number of carbonyl (C=O) groups is 1. The van der Waals surface area contributed by atoms with Gasteiger partial charge in [0.05, 0.1) is 6.04 Å². The van der Waals surface area contributed by atoms with E-state index in [4.69, 9.17) is 0 Å². The van der Waals surface area contributed by atoms with Crippen molar-refractivity contribution in [2.45, 2.75) is 25.8 Å². The third-order valence-corrected chi connectivity index (χ3v) is 2.77. The molecule has 2 rings (SSSR count). The molecule has 0 bridgehead atoms. The van der Waals surface area contributed by atoms with Crippen molar-refractivity contribution in [3.8, 4) is 0 Å². The Labute approximate surface area is 90.0 Å². The largest absolute Gasteiger partial charge is 0.346 e. The van der Waals surface area contributed by atoms with Crippen LogP contribution in [0.4, 0.5) is 0 Å². The molecule has 0 fully saturated rings. The lowest BCUT2D eigenvalue weighted by Crippen LogP contribution is -2.25. The molecule has 1 aromatic carbocycles. The molecule has 0 aliphatic heterocycles. The fourth-order valence-corrected chi connectivity index (χ4v) is 2.08. The van der Waals surface area contributed by atoms with Crippen LogP contribution in [0.1, 0.15) is 30.5 Å². The maximum absolute atomic E-state index is 11.4. The fourth-order valence-electron chi connectivity index (χ4n) is 2.08. The Morgan fingerprint density at radius 3 is 3.07 bits per heavy atom. The minimum Gasteiger partial charge on any atom is -0.346 e. The van der Waals surface area contributed by atoms with Crippen molar-refractivity contribution in [1.82, 2.24) is 5.32 Å². The van der Waals surface area contributed by atoms with Gasteiger partial charge in [0.2, 0.25) is 5.91 Å². The van der Waals surface area contributed by atoms with Gasteiger partial charge >= 0.3 is 0 Å². The maximum Gasteiger partial charge on any atom is 0.244 e. The van der Waals surface area contributed by atoms with E-state index >= 15 is 0 Å². The number of aryl methyl sites for hydroxylation is 1. The van der Waals surface area contributed by atoms with E-state index in [0.29, 0.717) is 0 Å². The van der Waals surface area contributed by atoms with Crippen molar-refractivity contribution in [2.75, 3.05) is 0 Å². The molecule has 0 heterocycles. The molecule has 2 heteroatoms. The van der Waals surface area contributed by atoms with Crippen LogP contribution in [0.25, 0.3) is 0 Å². The van der Waals surface area contributed by atoms with Gasteiger partial charge in [0.15, 0.2) is 0 Å². The number of nitrogens with one attached hydrogen (secondary N) is 1. The summed E-state index contributed by atoms with van der Waals surface area (Å²) in [6, 6.07) is 8.51. The summed E-state index contributed by atoms with van der Waals surface area (Å²) in [5, 5.41) is 3.01. The predicted octanol–water partition coefficient (Wildman–Crippen LogP) is 2.37. The van der Waals surface area contributed by atoms with Crippen molar-refractivity contribution in [3.63, 3.8) is 0 Å². The van der Waals surface area contributed by atoms with Gasteiger partial charge in [-0.2, -0.15) is 0 Å². The van der Waals surface area contributed by atoms with Crippen molar-refractivity contribution in [2.24, 2.45) is 0 Å². The van der Waals surface area contributed by atoms with Gasteiger partial charge in [-0.3, -0.25) is 4.79 Å². The number of carbonyl (C=O) groups excluding carboxylic acids is 1. The first kappa shape index (κ1) is 9.97. The lowest BCUT2D eigenvalue weighted by atomic mass is 10.1. The third-order valence-electron chi connectivity index (χ3n) is 2.77. The Morgan fingerprint density at radius 2 is 2.27 bits per heavy atom. The monoisotopic (exact) mass is 201 g/mol. The smallest absolute Gasteiger partial charge is 0.244 e. The summed E-state index contributed by atoms with van der Waals surface area (Å²) < 4.78 is 0. The molecule has 1 unspecified atom stereocenters. The van der Waals surface area contributed by atoms with Crippen LogP contribution in [0.5, 0.6) is 0 Å². The molecule has 0 aromatic heterocycles. The van der Waals surface area contributed by atoms with E-state index in [1.54, 1.807) is 12.2 Å². The normalized spacial score (nSPS) is 19.1. The van der Waals surface area contributed by atoms with Crippen LogP contribution in [0.2, 0.25) is 0 Å². The standard InChI is InChI=1S/C13H15NO/c1-2-5-13(15)14-12-9-8-10-6-3-4-7-11(10)12/h2-7,12H,8-9H2,1H3,(H,14,15)/b5-2+. The highest BCUT2D eigenvalue weighted by Crippen LogP contribution is 2.30. The maximum atomic E-state index is 11.4. The first-order chi connectivity index (χ1) is 7.31.